The molecule has 10 aromatic carbocycles. The third-order valence-electron chi connectivity index (χ3n) is 27.7. The van der Waals surface area contributed by atoms with E-state index >= 15 is 0 Å². The maximum absolute atomic E-state index is 6.28. The highest BCUT2D eigenvalue weighted by Gasteiger charge is 2.33. The Bertz CT molecular complexity index is 4590. The summed E-state index contributed by atoms with van der Waals surface area (Å²) < 4.78 is 31.4. The molecule has 129 heavy (non-hydrogen) atoms. The van der Waals surface area contributed by atoms with Crippen LogP contribution in [0.1, 0.15) is 224 Å². The molecule has 0 radical (unpaired) electrons. The lowest BCUT2D eigenvalue weighted by molar-refractivity contribution is 0.102. The lowest BCUT2D eigenvalue weighted by Crippen LogP contribution is -2.33. The zero-order valence-corrected chi connectivity index (χ0v) is 80.9. The molecule has 0 aliphatic heterocycles. The second-order valence-corrected chi connectivity index (χ2v) is 39.4. The van der Waals surface area contributed by atoms with Crippen LogP contribution in [-0.2, 0) is 32.7 Å². The van der Waals surface area contributed by atoms with Crippen LogP contribution in [-0.4, -0.2) is 63.2 Å². The molecule has 13 heteroatoms. The molecule has 15 atom stereocenters. The van der Waals surface area contributed by atoms with Gasteiger partial charge in [0.2, 0.25) is 0 Å². The van der Waals surface area contributed by atoms with Gasteiger partial charge in [-0.2, -0.15) is 0 Å². The highest BCUT2D eigenvalue weighted by molar-refractivity contribution is 6.31. The highest BCUT2D eigenvalue weighted by atomic mass is 35.5. The quantitative estimate of drug-likeness (QED) is 0.0189. The first-order valence-electron chi connectivity index (χ1n) is 49.3. The Morgan fingerprint density at radius 2 is 0.535 bits per heavy atom. The molecule has 694 valence electrons. The van der Waals surface area contributed by atoms with E-state index in [-0.39, 0.29) is 0 Å². The van der Waals surface area contributed by atoms with Gasteiger partial charge in [0, 0.05) is 49.1 Å². The van der Waals surface area contributed by atoms with Crippen LogP contribution < -0.4 is 61.7 Å². The first kappa shape index (κ1) is 100. The smallest absolute Gasteiger partial charge is 0.119 e. The van der Waals surface area contributed by atoms with Crippen molar-refractivity contribution in [3.05, 3.63) is 315 Å². The third kappa shape index (κ3) is 36.5. The zero-order valence-electron chi connectivity index (χ0n) is 80.1. The van der Waals surface area contributed by atoms with Gasteiger partial charge in [0.15, 0.2) is 0 Å². The Morgan fingerprint density at radius 3 is 0.853 bits per heavy atom. The largest absolute Gasteiger partial charge is 0.490 e. The van der Waals surface area contributed by atoms with Crippen molar-refractivity contribution in [1.82, 2.24) is 26.6 Å². The molecular formula is C116H158ClN7O5. The number of hydrogen-bond acceptors (Lipinski definition) is 12. The second-order valence-electron chi connectivity index (χ2n) is 39.0. The Hall–Kier alpha value is -9.11. The molecule has 5 aliphatic rings. The summed E-state index contributed by atoms with van der Waals surface area (Å²) in [5.74, 6) is 12.1. The molecule has 0 amide bonds. The van der Waals surface area contributed by atoms with E-state index in [9.17, 15) is 0 Å². The molecule has 0 aromatic heterocycles. The van der Waals surface area contributed by atoms with Crippen LogP contribution in [0.2, 0.25) is 5.02 Å². The maximum atomic E-state index is 6.28. The van der Waals surface area contributed by atoms with E-state index in [2.05, 4.69) is 297 Å². The van der Waals surface area contributed by atoms with Crippen molar-refractivity contribution in [2.45, 2.75) is 268 Å². The number of halogens is 1. The summed E-state index contributed by atoms with van der Waals surface area (Å²) in [6.07, 6.45) is 26.5. The van der Waals surface area contributed by atoms with Crippen molar-refractivity contribution in [2.75, 3.05) is 44.2 Å². The van der Waals surface area contributed by atoms with Gasteiger partial charge in [-0.05, 0) is 402 Å². The fourth-order valence-corrected chi connectivity index (χ4v) is 20.1. The number of benzene rings is 10. The van der Waals surface area contributed by atoms with Gasteiger partial charge in [0.1, 0.15) is 28.7 Å². The van der Waals surface area contributed by atoms with Gasteiger partial charge >= 0.3 is 0 Å². The van der Waals surface area contributed by atoms with E-state index in [4.69, 9.17) is 46.8 Å². The average molecular weight is 1770 g/mol. The van der Waals surface area contributed by atoms with Gasteiger partial charge in [-0.25, -0.2) is 0 Å². The summed E-state index contributed by atoms with van der Waals surface area (Å²) >= 11 is 6.24. The minimum Gasteiger partial charge on any atom is -0.490 e. The minimum absolute atomic E-state index is 0.349. The number of aryl methyl sites for hydroxylation is 6. The van der Waals surface area contributed by atoms with Crippen LogP contribution in [0, 0.1) is 101 Å². The molecule has 5 fully saturated rings. The number of ether oxygens (including phenoxy) is 5. The molecule has 5 saturated carbocycles. The fraction of sp³-hybridized carbons (Fsp3) is 0.483. The molecule has 0 heterocycles. The van der Waals surface area contributed by atoms with Crippen LogP contribution in [0.25, 0.3) is 0 Å². The summed E-state index contributed by atoms with van der Waals surface area (Å²) in [4.78, 5) is 0. The summed E-state index contributed by atoms with van der Waals surface area (Å²) in [6, 6.07) is 85.8. The van der Waals surface area contributed by atoms with Crippen LogP contribution in [0.15, 0.2) is 249 Å². The Kier molecular flexibility index (Phi) is 42.5. The molecule has 10 aromatic rings. The van der Waals surface area contributed by atoms with E-state index in [1.807, 2.05) is 54.6 Å². The summed E-state index contributed by atoms with van der Waals surface area (Å²) in [5, 5.41) is 18.9. The van der Waals surface area contributed by atoms with Crippen molar-refractivity contribution in [3.8, 4) is 28.7 Å². The van der Waals surface area contributed by atoms with Crippen molar-refractivity contribution in [3.63, 3.8) is 0 Å². The number of nitrogen functional groups attached to an aromatic ring is 2. The summed E-state index contributed by atoms with van der Waals surface area (Å²) in [7, 11) is 0. The van der Waals surface area contributed by atoms with Gasteiger partial charge in [-0.3, -0.25) is 0 Å². The van der Waals surface area contributed by atoms with E-state index in [0.717, 1.165) is 159 Å². The normalized spacial score (nSPS) is 21.4. The van der Waals surface area contributed by atoms with Gasteiger partial charge in [0.05, 0.1) is 30.5 Å². The van der Waals surface area contributed by atoms with Gasteiger partial charge in [0.25, 0.3) is 0 Å². The SMILES string of the molecule is Cc1cccc(CNCC(C)C2CCC[C@@H](Oc3cccc(C)c3)C2)c1.Cc1cccc(O[C@@H]2CCCC(C(C)CNCc3cccc(N)c3)C2)c1.Cc1cccc(O[C@@H]2CCCC(C(C)CNCc3ccccc3)C2)c1.Cc1cccc(O[C@@H]2CCCC(C(C)CNCc3ccccc3Cl)C2)c1.Cc1cccc(O[C@@H]2CCCC(C(C)CNCc3ccccc3N)C2)c1. The third-order valence-corrected chi connectivity index (χ3v) is 28.0. The number of anilines is 2. The first-order valence-corrected chi connectivity index (χ1v) is 49.7. The Morgan fingerprint density at radius 1 is 0.271 bits per heavy atom. The van der Waals surface area contributed by atoms with Crippen molar-refractivity contribution < 1.29 is 23.7 Å². The molecule has 0 spiro atoms. The maximum Gasteiger partial charge on any atom is 0.119 e. The molecule has 9 N–H and O–H groups in total. The van der Waals surface area contributed by atoms with E-state index in [1.165, 1.54) is 170 Å². The van der Waals surface area contributed by atoms with Crippen LogP contribution in [0.3, 0.4) is 0 Å². The van der Waals surface area contributed by atoms with E-state index < -0.39 is 0 Å². The minimum atomic E-state index is 0.349. The predicted octanol–water partition coefficient (Wildman–Crippen LogP) is 26.9. The van der Waals surface area contributed by atoms with Crippen molar-refractivity contribution in [2.24, 2.45) is 59.2 Å². The lowest BCUT2D eigenvalue weighted by atomic mass is 9.79. The Labute approximate surface area is 783 Å². The molecule has 12 nitrogen and oxygen atoms in total. The molecule has 0 saturated heterocycles. The molecular weight excluding hydrogens is 1610 g/mol. The molecule has 10 unspecified atom stereocenters. The number of nitrogens with one attached hydrogen (secondary N) is 5. The number of rotatable bonds is 35. The number of hydrogen-bond donors (Lipinski definition) is 7. The Balaban J connectivity index is 0.000000156. The molecule has 5 aliphatic carbocycles. The second kappa shape index (κ2) is 54.6. The fourth-order valence-electron chi connectivity index (χ4n) is 19.9. The number of nitrogens with two attached hydrogens (primary N) is 2. The lowest BCUT2D eigenvalue weighted by Gasteiger charge is -2.33. The van der Waals surface area contributed by atoms with Gasteiger partial charge in [-0.1, -0.05) is 216 Å². The zero-order chi connectivity index (χ0) is 90.9. The monoisotopic (exact) mass is 1760 g/mol. The highest BCUT2D eigenvalue weighted by Crippen LogP contribution is 2.39. The van der Waals surface area contributed by atoms with Crippen LogP contribution >= 0.6 is 11.6 Å². The van der Waals surface area contributed by atoms with Gasteiger partial charge < -0.3 is 61.7 Å². The standard InChI is InChI=1S/C24H33NO.C23H30ClNO.2C23H32N2O.C23H31NO/c1-18-7-4-9-21(13-18)17-25-16-20(3)22-10-6-12-24(15-22)26-23-11-5-8-19(2)14-23;1-17-7-5-10-21(13-17)26-22-11-6-9-19(14-22)18(2)15-25-16-20-8-3-4-12-23(20)24;1-17-6-3-10-22(12-17)26-23-11-5-8-20(14-23)18(2)15-25-16-19-7-4-9-21(24)13-19;1-17-7-5-10-21(13-17)26-22-11-6-9-19(14-22)18(2)15-25-16-20-8-3-4-12-23(20)24;1-18-8-6-12-22(14-18)25-23-13-7-11-21(15-23)19(2)16-24-17-20-9-4-3-5-10-20/h4-5,7-9,11,13-14,20,22,24-25H,6,10,12,15-17H2,1-3H3;3-5,7-8,10,12-13,18-19,22,25H,6,9,11,14-16H2,1-2H3;3-4,6-7,9-10,12-13,18,20,23,25H,5,8,11,14-16,24H2,1-2H3;3-5,7-8,10,12-13,18-19,22,25H,6,9,11,14-16,24H2,1-2H3;3-6,8-10,12,14,19,21,23-24H,7,11,13,15-17H2,1-2H3/t20?,22?,24-;18?,19?,22-;18?,20?,23-;18?,19?,22-;19?,21?,23-/m11111/s1. The molecule has 15 rings (SSSR count). The summed E-state index contributed by atoms with van der Waals surface area (Å²) in [5.41, 5.74) is 27.6. The van der Waals surface area contributed by atoms with Crippen LogP contribution in [0.4, 0.5) is 11.4 Å². The predicted molar refractivity (Wildman–Crippen MR) is 543 cm³/mol. The molecule has 0 bridgehead atoms. The van der Waals surface area contributed by atoms with Crippen LogP contribution in [0.5, 0.6) is 28.7 Å². The number of para-hydroxylation sites is 1. The average Bonchev–Trinajstić information content (AvgIpc) is 0.876. The summed E-state index contributed by atoms with van der Waals surface area (Å²) in [6.45, 7) is 34.3. The van der Waals surface area contributed by atoms with Crippen molar-refractivity contribution >= 4 is 23.0 Å². The topological polar surface area (TPSA) is 158 Å². The van der Waals surface area contributed by atoms with E-state index in [0.29, 0.717) is 60.1 Å². The van der Waals surface area contributed by atoms with E-state index in [1.54, 1.807) is 0 Å². The van der Waals surface area contributed by atoms with Gasteiger partial charge in [-0.15, -0.1) is 0 Å². The first-order chi connectivity index (χ1) is 62.6. The van der Waals surface area contributed by atoms with Crippen molar-refractivity contribution in [1.29, 1.82) is 0 Å².